The van der Waals surface area contributed by atoms with Crippen LogP contribution < -0.4 is 0 Å². The third-order valence-electron chi connectivity index (χ3n) is 6.50. The molecule has 2 aromatic carbocycles. The van der Waals surface area contributed by atoms with Crippen molar-refractivity contribution in [1.29, 1.82) is 0 Å². The Kier molecular flexibility index (Phi) is 4.17. The number of hydrogen-bond acceptors (Lipinski definition) is 2. The second kappa shape index (κ2) is 6.26. The fourth-order valence-electron chi connectivity index (χ4n) is 4.78. The van der Waals surface area contributed by atoms with Gasteiger partial charge < -0.3 is 9.67 Å². The van der Waals surface area contributed by atoms with E-state index in [9.17, 15) is 5.11 Å². The Balaban J connectivity index is 1.72. The molecular formula is C23H28N2O. The Morgan fingerprint density at radius 2 is 1.50 bits per heavy atom. The minimum absolute atomic E-state index is 0.0468. The molecule has 0 spiro atoms. The first-order valence-corrected chi connectivity index (χ1v) is 9.47. The lowest BCUT2D eigenvalue weighted by molar-refractivity contribution is -0.0528. The lowest BCUT2D eigenvalue weighted by Crippen LogP contribution is -2.49. The number of aryl methyl sites for hydroxylation is 1. The molecule has 4 rings (SSSR count). The number of para-hydroxylation sites is 1. The van der Waals surface area contributed by atoms with Crippen LogP contribution in [0, 0.1) is 0 Å². The van der Waals surface area contributed by atoms with Crippen LogP contribution in [0.4, 0.5) is 0 Å². The molecule has 1 aliphatic carbocycles. The van der Waals surface area contributed by atoms with Gasteiger partial charge in [0.2, 0.25) is 0 Å². The molecule has 3 heteroatoms. The van der Waals surface area contributed by atoms with Gasteiger partial charge in [-0.25, -0.2) is 0 Å². The third-order valence-corrected chi connectivity index (χ3v) is 6.50. The smallest absolute Gasteiger partial charge is 0.0898 e. The Bertz CT molecular complexity index is 902. The van der Waals surface area contributed by atoms with Crippen LogP contribution in [-0.4, -0.2) is 28.7 Å². The summed E-state index contributed by atoms with van der Waals surface area (Å²) in [5.41, 5.74) is 2.90. The van der Waals surface area contributed by atoms with Crippen LogP contribution in [0.25, 0.3) is 10.9 Å². The van der Waals surface area contributed by atoms with E-state index in [1.165, 1.54) is 16.6 Å². The van der Waals surface area contributed by atoms with Crippen molar-refractivity contribution >= 4 is 10.9 Å². The number of aromatic nitrogens is 1. The van der Waals surface area contributed by atoms with Crippen LogP contribution in [0.15, 0.2) is 60.7 Å². The molecule has 0 aliphatic heterocycles. The minimum Gasteiger partial charge on any atom is -0.385 e. The molecular weight excluding hydrogens is 320 g/mol. The quantitative estimate of drug-likeness (QED) is 0.760. The average Bonchev–Trinajstić information content (AvgIpc) is 3.01. The van der Waals surface area contributed by atoms with E-state index in [4.69, 9.17) is 0 Å². The second-order valence-electron chi connectivity index (χ2n) is 7.97. The third kappa shape index (κ3) is 2.58. The van der Waals surface area contributed by atoms with Crippen molar-refractivity contribution in [2.75, 3.05) is 14.1 Å². The standard InChI is InChI=1S/C23H28N2O/c1-24(2)22(21-17-18-9-7-8-12-20(18)25(21)3)13-15-23(26,16-14-22)19-10-5-4-6-11-19/h4-12,17,26H,13-16H2,1-3H3. The van der Waals surface area contributed by atoms with Crippen molar-refractivity contribution in [3.8, 4) is 0 Å². The van der Waals surface area contributed by atoms with Gasteiger partial charge in [-0.3, -0.25) is 4.90 Å². The van der Waals surface area contributed by atoms with Crippen molar-refractivity contribution in [3.05, 3.63) is 71.9 Å². The molecule has 1 saturated carbocycles. The summed E-state index contributed by atoms with van der Waals surface area (Å²) in [6.45, 7) is 0. The van der Waals surface area contributed by atoms with E-state index >= 15 is 0 Å². The number of aliphatic hydroxyl groups is 1. The lowest BCUT2D eigenvalue weighted by atomic mass is 9.69. The zero-order chi connectivity index (χ0) is 18.4. The van der Waals surface area contributed by atoms with Gasteiger partial charge in [0, 0.05) is 18.3 Å². The van der Waals surface area contributed by atoms with Gasteiger partial charge in [-0.15, -0.1) is 0 Å². The maximum atomic E-state index is 11.3. The largest absolute Gasteiger partial charge is 0.385 e. The topological polar surface area (TPSA) is 28.4 Å². The molecule has 136 valence electrons. The molecule has 1 N–H and O–H groups in total. The highest BCUT2D eigenvalue weighted by molar-refractivity contribution is 5.81. The number of hydrogen-bond donors (Lipinski definition) is 1. The molecule has 0 saturated heterocycles. The summed E-state index contributed by atoms with van der Waals surface area (Å²) in [6.07, 6.45) is 3.43. The summed E-state index contributed by atoms with van der Waals surface area (Å²) in [4.78, 5) is 2.35. The van der Waals surface area contributed by atoms with Crippen LogP contribution in [-0.2, 0) is 18.2 Å². The van der Waals surface area contributed by atoms with E-state index in [1.54, 1.807) is 0 Å². The fourth-order valence-corrected chi connectivity index (χ4v) is 4.78. The van der Waals surface area contributed by atoms with Crippen molar-refractivity contribution in [3.63, 3.8) is 0 Å². The Labute approximate surface area is 155 Å². The number of benzene rings is 2. The van der Waals surface area contributed by atoms with Crippen molar-refractivity contribution in [2.24, 2.45) is 7.05 Å². The highest BCUT2D eigenvalue weighted by Gasteiger charge is 2.46. The Hall–Kier alpha value is -2.10. The molecule has 0 bridgehead atoms. The van der Waals surface area contributed by atoms with Crippen LogP contribution in [0.3, 0.4) is 0 Å². The van der Waals surface area contributed by atoms with Gasteiger partial charge >= 0.3 is 0 Å². The molecule has 1 heterocycles. The van der Waals surface area contributed by atoms with Gasteiger partial charge in [-0.2, -0.15) is 0 Å². The normalized spacial score (nSPS) is 26.5. The summed E-state index contributed by atoms with van der Waals surface area (Å²) >= 11 is 0. The molecule has 1 aliphatic rings. The van der Waals surface area contributed by atoms with E-state index in [0.717, 1.165) is 31.2 Å². The maximum absolute atomic E-state index is 11.3. The molecule has 0 atom stereocenters. The first-order valence-electron chi connectivity index (χ1n) is 9.47. The average molecular weight is 348 g/mol. The van der Waals surface area contributed by atoms with E-state index in [2.05, 4.69) is 73.1 Å². The second-order valence-corrected chi connectivity index (χ2v) is 7.97. The number of nitrogens with zero attached hydrogens (tertiary/aromatic N) is 2. The van der Waals surface area contributed by atoms with Crippen LogP contribution in [0.5, 0.6) is 0 Å². The molecule has 1 aromatic heterocycles. The van der Waals surface area contributed by atoms with Gasteiger partial charge in [0.05, 0.1) is 11.1 Å². The SMILES string of the molecule is CN(C)C1(c2cc3ccccc3n2C)CCC(O)(c2ccccc2)CC1. The van der Waals surface area contributed by atoms with Crippen LogP contribution in [0.2, 0.25) is 0 Å². The minimum atomic E-state index is -0.717. The summed E-state index contributed by atoms with van der Waals surface area (Å²) in [7, 11) is 6.51. The van der Waals surface area contributed by atoms with Crippen LogP contribution in [0.1, 0.15) is 36.9 Å². The summed E-state index contributed by atoms with van der Waals surface area (Å²) in [5.74, 6) is 0. The Morgan fingerprint density at radius 1 is 0.885 bits per heavy atom. The molecule has 1 fully saturated rings. The predicted molar refractivity (Wildman–Crippen MR) is 107 cm³/mol. The predicted octanol–water partition coefficient (Wildman–Crippen LogP) is 4.40. The van der Waals surface area contributed by atoms with Gasteiger partial charge in [-0.05, 0) is 62.9 Å². The molecule has 26 heavy (non-hydrogen) atoms. The van der Waals surface area contributed by atoms with Gasteiger partial charge in [0.25, 0.3) is 0 Å². The zero-order valence-electron chi connectivity index (χ0n) is 15.9. The maximum Gasteiger partial charge on any atom is 0.0898 e. The lowest BCUT2D eigenvalue weighted by Gasteiger charge is -2.48. The highest BCUT2D eigenvalue weighted by atomic mass is 16.3. The van der Waals surface area contributed by atoms with Gasteiger partial charge in [0.15, 0.2) is 0 Å². The summed E-state index contributed by atoms with van der Waals surface area (Å²) in [6, 6.07) is 21.1. The number of rotatable bonds is 3. The molecule has 0 unspecified atom stereocenters. The van der Waals surface area contributed by atoms with Crippen molar-refractivity contribution in [1.82, 2.24) is 9.47 Å². The molecule has 3 aromatic rings. The first kappa shape index (κ1) is 17.3. The molecule has 0 amide bonds. The Morgan fingerprint density at radius 3 is 2.12 bits per heavy atom. The molecule has 0 radical (unpaired) electrons. The molecule has 3 nitrogen and oxygen atoms in total. The van der Waals surface area contributed by atoms with Crippen molar-refractivity contribution < 1.29 is 5.11 Å². The van der Waals surface area contributed by atoms with E-state index in [0.29, 0.717) is 0 Å². The summed E-state index contributed by atoms with van der Waals surface area (Å²) < 4.78 is 2.34. The van der Waals surface area contributed by atoms with Crippen molar-refractivity contribution in [2.45, 2.75) is 36.8 Å². The highest BCUT2D eigenvalue weighted by Crippen LogP contribution is 2.48. The van der Waals surface area contributed by atoms with E-state index < -0.39 is 5.60 Å². The van der Waals surface area contributed by atoms with Gasteiger partial charge in [-0.1, -0.05) is 48.5 Å². The first-order chi connectivity index (χ1) is 12.5. The summed E-state index contributed by atoms with van der Waals surface area (Å²) in [5, 5.41) is 12.6. The number of fused-ring (bicyclic) bond motifs is 1. The van der Waals surface area contributed by atoms with Gasteiger partial charge in [0.1, 0.15) is 0 Å². The fraction of sp³-hybridized carbons (Fsp3) is 0.391. The van der Waals surface area contributed by atoms with Crippen LogP contribution >= 0.6 is 0 Å². The van der Waals surface area contributed by atoms with E-state index in [-0.39, 0.29) is 5.54 Å². The van der Waals surface area contributed by atoms with E-state index in [1.807, 2.05) is 18.2 Å². The monoisotopic (exact) mass is 348 g/mol. The zero-order valence-corrected chi connectivity index (χ0v) is 15.9.